The lowest BCUT2D eigenvalue weighted by molar-refractivity contribution is 0.0925. The molecule has 88 valence electrons. The third-order valence-corrected chi connectivity index (χ3v) is 2.06. The second-order valence-corrected chi connectivity index (χ2v) is 3.51. The molecule has 5 heteroatoms. The van der Waals surface area contributed by atoms with E-state index in [1.54, 1.807) is 25.1 Å². The highest BCUT2D eigenvalue weighted by Crippen LogP contribution is 2.19. The van der Waals surface area contributed by atoms with Gasteiger partial charge in [0.15, 0.2) is 0 Å². The van der Waals surface area contributed by atoms with Crippen LogP contribution in [0.15, 0.2) is 18.2 Å². The highest BCUT2D eigenvalue weighted by atomic mass is 16.5. The summed E-state index contributed by atoms with van der Waals surface area (Å²) in [6.45, 7) is 1.79. The fourth-order valence-electron chi connectivity index (χ4n) is 1.21. The molecule has 1 aromatic rings. The normalized spacial score (nSPS) is 11.9. The van der Waals surface area contributed by atoms with Crippen LogP contribution in [0.3, 0.4) is 0 Å². The minimum atomic E-state index is -0.580. The van der Waals surface area contributed by atoms with Crippen molar-refractivity contribution in [2.75, 3.05) is 19.4 Å². The molecule has 1 amide bonds. The van der Waals surface area contributed by atoms with Crippen LogP contribution in [0, 0.1) is 0 Å². The van der Waals surface area contributed by atoms with E-state index in [1.807, 2.05) is 0 Å². The van der Waals surface area contributed by atoms with Gasteiger partial charge in [0.25, 0.3) is 5.91 Å². The summed E-state index contributed by atoms with van der Waals surface area (Å²) in [4.78, 5) is 11.6. The summed E-state index contributed by atoms with van der Waals surface area (Å²) in [7, 11) is 1.53. The Labute approximate surface area is 94.2 Å². The number of hydrogen-bond acceptors (Lipinski definition) is 4. The number of carbonyl (C=O) groups is 1. The molecule has 0 bridgehead atoms. The molecule has 0 fully saturated rings. The number of nitrogens with one attached hydrogen (secondary N) is 1. The van der Waals surface area contributed by atoms with E-state index in [0.29, 0.717) is 17.0 Å². The molecule has 5 nitrogen and oxygen atoms in total. The standard InChI is InChI=1S/C11H16N2O3/c1-7(14)6-13-11(15)9-4-3-8(16-2)5-10(9)12/h3-5,7,14H,6,12H2,1-2H3,(H,13,15). The van der Waals surface area contributed by atoms with Crippen LogP contribution in [0.2, 0.25) is 0 Å². The van der Waals surface area contributed by atoms with Crippen molar-refractivity contribution in [2.45, 2.75) is 13.0 Å². The number of aliphatic hydroxyl groups excluding tert-OH is 1. The Morgan fingerprint density at radius 2 is 2.31 bits per heavy atom. The van der Waals surface area contributed by atoms with Gasteiger partial charge in [-0.15, -0.1) is 0 Å². The number of hydrogen-bond donors (Lipinski definition) is 3. The average Bonchev–Trinajstić information content (AvgIpc) is 2.25. The number of benzene rings is 1. The number of rotatable bonds is 4. The number of ether oxygens (including phenoxy) is 1. The molecule has 0 heterocycles. The van der Waals surface area contributed by atoms with E-state index in [9.17, 15) is 4.79 Å². The SMILES string of the molecule is COc1ccc(C(=O)NCC(C)O)c(N)c1. The summed E-state index contributed by atoms with van der Waals surface area (Å²) in [5, 5.41) is 11.6. The molecule has 0 aromatic heterocycles. The highest BCUT2D eigenvalue weighted by Gasteiger charge is 2.10. The lowest BCUT2D eigenvalue weighted by Gasteiger charge is -2.09. The van der Waals surface area contributed by atoms with E-state index in [1.165, 1.54) is 7.11 Å². The predicted octanol–water partition coefficient (Wildman–Crippen LogP) is 0.388. The summed E-state index contributed by atoms with van der Waals surface area (Å²) >= 11 is 0. The lowest BCUT2D eigenvalue weighted by Crippen LogP contribution is -2.31. The second-order valence-electron chi connectivity index (χ2n) is 3.51. The smallest absolute Gasteiger partial charge is 0.253 e. The Balaban J connectivity index is 2.76. The van der Waals surface area contributed by atoms with Gasteiger partial charge in [0.1, 0.15) is 5.75 Å². The third-order valence-electron chi connectivity index (χ3n) is 2.06. The van der Waals surface area contributed by atoms with Crippen molar-refractivity contribution in [1.29, 1.82) is 0 Å². The first-order chi connectivity index (χ1) is 7.54. The molecule has 0 aliphatic rings. The average molecular weight is 224 g/mol. The topological polar surface area (TPSA) is 84.6 Å². The van der Waals surface area contributed by atoms with Gasteiger partial charge in [-0.05, 0) is 19.1 Å². The molecule has 0 saturated heterocycles. The third kappa shape index (κ3) is 3.13. The Bertz CT molecular complexity index is 377. The highest BCUT2D eigenvalue weighted by molar-refractivity contribution is 5.99. The number of amides is 1. The molecular formula is C11H16N2O3. The molecule has 0 aliphatic heterocycles. The van der Waals surface area contributed by atoms with Gasteiger partial charge in [0.05, 0.1) is 18.8 Å². The van der Waals surface area contributed by atoms with Gasteiger partial charge in [-0.1, -0.05) is 0 Å². The molecule has 0 saturated carbocycles. The number of aliphatic hydroxyl groups is 1. The van der Waals surface area contributed by atoms with Crippen LogP contribution >= 0.6 is 0 Å². The van der Waals surface area contributed by atoms with Crippen LogP contribution in [-0.4, -0.2) is 30.8 Å². The van der Waals surface area contributed by atoms with Crippen LogP contribution in [0.1, 0.15) is 17.3 Å². The summed E-state index contributed by atoms with van der Waals surface area (Å²) < 4.78 is 4.98. The van der Waals surface area contributed by atoms with Crippen molar-refractivity contribution < 1.29 is 14.6 Å². The molecule has 4 N–H and O–H groups in total. The zero-order valence-corrected chi connectivity index (χ0v) is 9.36. The van der Waals surface area contributed by atoms with E-state index in [-0.39, 0.29) is 12.5 Å². The van der Waals surface area contributed by atoms with Crippen LogP contribution in [0.5, 0.6) is 5.75 Å². The largest absolute Gasteiger partial charge is 0.497 e. The van der Waals surface area contributed by atoms with Gasteiger partial charge in [-0.2, -0.15) is 0 Å². The zero-order valence-electron chi connectivity index (χ0n) is 9.36. The molecule has 1 rings (SSSR count). The number of nitrogens with two attached hydrogens (primary N) is 1. The maximum absolute atomic E-state index is 11.6. The molecule has 1 unspecified atom stereocenters. The van der Waals surface area contributed by atoms with E-state index in [0.717, 1.165) is 0 Å². The quantitative estimate of drug-likeness (QED) is 0.646. The fraction of sp³-hybridized carbons (Fsp3) is 0.364. The Kier molecular flexibility index (Phi) is 4.13. The number of carbonyl (C=O) groups excluding carboxylic acids is 1. The van der Waals surface area contributed by atoms with Crippen LogP contribution in [-0.2, 0) is 0 Å². The van der Waals surface area contributed by atoms with Crippen LogP contribution < -0.4 is 15.8 Å². The summed E-state index contributed by atoms with van der Waals surface area (Å²) in [5.41, 5.74) is 6.43. The monoisotopic (exact) mass is 224 g/mol. The zero-order chi connectivity index (χ0) is 12.1. The van der Waals surface area contributed by atoms with Gasteiger partial charge >= 0.3 is 0 Å². The Morgan fingerprint density at radius 1 is 1.62 bits per heavy atom. The molecule has 1 atom stereocenters. The summed E-state index contributed by atoms with van der Waals surface area (Å²) in [5.74, 6) is 0.297. The van der Waals surface area contributed by atoms with Crippen LogP contribution in [0.25, 0.3) is 0 Å². The van der Waals surface area contributed by atoms with Gasteiger partial charge < -0.3 is 20.9 Å². The lowest BCUT2D eigenvalue weighted by atomic mass is 10.1. The van der Waals surface area contributed by atoms with Gasteiger partial charge in [0, 0.05) is 18.3 Å². The minimum Gasteiger partial charge on any atom is -0.497 e. The van der Waals surface area contributed by atoms with Crippen molar-refractivity contribution >= 4 is 11.6 Å². The molecule has 1 aromatic carbocycles. The number of nitrogen functional groups attached to an aromatic ring is 1. The fourth-order valence-corrected chi connectivity index (χ4v) is 1.21. The second kappa shape index (κ2) is 5.37. The van der Waals surface area contributed by atoms with Crippen molar-refractivity contribution in [2.24, 2.45) is 0 Å². The maximum Gasteiger partial charge on any atom is 0.253 e. The van der Waals surface area contributed by atoms with E-state index in [2.05, 4.69) is 5.32 Å². The molecule has 16 heavy (non-hydrogen) atoms. The van der Waals surface area contributed by atoms with Gasteiger partial charge in [-0.3, -0.25) is 4.79 Å². The summed E-state index contributed by atoms with van der Waals surface area (Å²) in [6.07, 6.45) is -0.580. The van der Waals surface area contributed by atoms with Crippen LogP contribution in [0.4, 0.5) is 5.69 Å². The van der Waals surface area contributed by atoms with Gasteiger partial charge in [-0.25, -0.2) is 0 Å². The maximum atomic E-state index is 11.6. The first-order valence-corrected chi connectivity index (χ1v) is 4.94. The van der Waals surface area contributed by atoms with E-state index in [4.69, 9.17) is 15.6 Å². The van der Waals surface area contributed by atoms with E-state index >= 15 is 0 Å². The Morgan fingerprint density at radius 3 is 2.81 bits per heavy atom. The van der Waals surface area contributed by atoms with E-state index < -0.39 is 6.10 Å². The number of methoxy groups -OCH3 is 1. The molecule has 0 spiro atoms. The van der Waals surface area contributed by atoms with Crippen molar-refractivity contribution in [3.05, 3.63) is 23.8 Å². The first kappa shape index (κ1) is 12.3. The first-order valence-electron chi connectivity index (χ1n) is 4.94. The summed E-state index contributed by atoms with van der Waals surface area (Å²) in [6, 6.07) is 4.83. The molecule has 0 radical (unpaired) electrons. The van der Waals surface area contributed by atoms with Gasteiger partial charge in [0.2, 0.25) is 0 Å². The molecule has 0 aliphatic carbocycles. The number of anilines is 1. The Hall–Kier alpha value is -1.75. The molecular weight excluding hydrogens is 208 g/mol. The van der Waals surface area contributed by atoms with Crippen molar-refractivity contribution in [1.82, 2.24) is 5.32 Å². The minimum absolute atomic E-state index is 0.199. The van der Waals surface area contributed by atoms with Crippen molar-refractivity contribution in [3.8, 4) is 5.75 Å². The predicted molar refractivity (Wildman–Crippen MR) is 61.4 cm³/mol. The van der Waals surface area contributed by atoms with Crippen molar-refractivity contribution in [3.63, 3.8) is 0 Å².